The number of carbonyl (C=O) groups excluding carboxylic acids is 1. The zero-order valence-electron chi connectivity index (χ0n) is 17.2. The molecule has 1 aliphatic rings. The van der Waals surface area contributed by atoms with Crippen molar-refractivity contribution in [2.24, 2.45) is 7.05 Å². The van der Waals surface area contributed by atoms with Crippen LogP contribution in [0.3, 0.4) is 0 Å². The van der Waals surface area contributed by atoms with Gasteiger partial charge in [0.2, 0.25) is 0 Å². The molecule has 1 aromatic heterocycles. The van der Waals surface area contributed by atoms with Crippen LogP contribution in [0.4, 0.5) is 16.3 Å². The van der Waals surface area contributed by atoms with Crippen LogP contribution in [-0.4, -0.2) is 46.9 Å². The minimum absolute atomic E-state index is 0. The van der Waals surface area contributed by atoms with Gasteiger partial charge in [0.05, 0.1) is 5.69 Å². The number of urea groups is 1. The number of carbonyl (C=O) groups is 1. The van der Waals surface area contributed by atoms with Crippen molar-refractivity contribution in [3.8, 4) is 0 Å². The second-order valence-corrected chi connectivity index (χ2v) is 8.01. The standard InChI is InChI=1S/C20H29N6O.Y/c1-20(2,3)17-13-18(25(4)24-17)23-19(27)22-16-7-5-6-15(12-16)14-26-10-8-21-9-11-26;/h5-7,12-13H,8-11,14H2,1-4H3,(H2,22,23,27);/q-1;. The van der Waals surface area contributed by atoms with E-state index in [-0.39, 0.29) is 44.2 Å². The van der Waals surface area contributed by atoms with Crippen LogP contribution in [0.1, 0.15) is 32.0 Å². The van der Waals surface area contributed by atoms with E-state index in [1.807, 2.05) is 31.3 Å². The molecule has 0 bridgehead atoms. The first kappa shape index (κ1) is 23.0. The second-order valence-electron chi connectivity index (χ2n) is 8.01. The number of piperazine rings is 1. The maximum Gasteiger partial charge on any atom is 0.324 e. The molecule has 0 spiro atoms. The molecular formula is C20H29N6OY-. The van der Waals surface area contributed by atoms with Crippen LogP contribution in [-0.2, 0) is 51.7 Å². The van der Waals surface area contributed by atoms with Gasteiger partial charge in [-0.05, 0) is 30.8 Å². The van der Waals surface area contributed by atoms with E-state index < -0.39 is 0 Å². The average Bonchev–Trinajstić information content (AvgIpc) is 2.97. The third kappa shape index (κ3) is 6.37. The van der Waals surface area contributed by atoms with E-state index in [1.54, 1.807) is 4.68 Å². The molecule has 149 valence electrons. The maximum atomic E-state index is 12.4. The van der Waals surface area contributed by atoms with Gasteiger partial charge in [0.1, 0.15) is 5.82 Å². The molecule has 0 aliphatic carbocycles. The van der Waals surface area contributed by atoms with Gasteiger partial charge in [-0.15, -0.1) is 13.1 Å². The van der Waals surface area contributed by atoms with E-state index >= 15 is 0 Å². The van der Waals surface area contributed by atoms with Crippen molar-refractivity contribution in [1.29, 1.82) is 0 Å². The zero-order chi connectivity index (χ0) is 19.4. The Bertz CT molecular complexity index is 792. The van der Waals surface area contributed by atoms with Gasteiger partial charge in [0.25, 0.3) is 0 Å². The Morgan fingerprint density at radius 3 is 2.54 bits per heavy atom. The first-order chi connectivity index (χ1) is 12.8. The summed E-state index contributed by atoms with van der Waals surface area (Å²) in [4.78, 5) is 14.8. The van der Waals surface area contributed by atoms with E-state index in [1.165, 1.54) is 5.56 Å². The summed E-state index contributed by atoms with van der Waals surface area (Å²) in [6.07, 6.45) is 0. The number of anilines is 2. The number of benzene rings is 1. The summed E-state index contributed by atoms with van der Waals surface area (Å²) in [5.41, 5.74) is 2.84. The van der Waals surface area contributed by atoms with Crippen LogP contribution in [0.2, 0.25) is 0 Å². The van der Waals surface area contributed by atoms with Gasteiger partial charge in [0.15, 0.2) is 0 Å². The van der Waals surface area contributed by atoms with E-state index in [4.69, 9.17) is 0 Å². The minimum Gasteiger partial charge on any atom is -0.660 e. The molecule has 2 aromatic rings. The molecule has 1 aliphatic heterocycles. The number of rotatable bonds is 4. The van der Waals surface area contributed by atoms with Crippen molar-refractivity contribution >= 4 is 17.5 Å². The summed E-state index contributed by atoms with van der Waals surface area (Å²) < 4.78 is 1.69. The summed E-state index contributed by atoms with van der Waals surface area (Å²) in [5.74, 6) is 0.672. The number of amides is 2. The molecule has 1 radical (unpaired) electrons. The van der Waals surface area contributed by atoms with Crippen LogP contribution in [0.25, 0.3) is 5.32 Å². The van der Waals surface area contributed by atoms with Gasteiger partial charge >= 0.3 is 6.03 Å². The third-order valence-electron chi connectivity index (χ3n) is 4.63. The zero-order valence-corrected chi connectivity index (χ0v) is 20.0. The largest absolute Gasteiger partial charge is 0.660 e. The van der Waals surface area contributed by atoms with Gasteiger partial charge < -0.3 is 15.5 Å². The Balaban J connectivity index is 0.00000280. The Kier molecular flexibility index (Phi) is 8.19. The normalized spacial score (nSPS) is 15.0. The third-order valence-corrected chi connectivity index (χ3v) is 4.63. The molecule has 0 unspecified atom stereocenters. The fourth-order valence-electron chi connectivity index (χ4n) is 3.04. The van der Waals surface area contributed by atoms with Gasteiger partial charge in [0, 0.05) is 63.5 Å². The Labute approximate surface area is 192 Å². The monoisotopic (exact) mass is 458 g/mol. The van der Waals surface area contributed by atoms with Crippen LogP contribution < -0.4 is 10.6 Å². The molecule has 2 N–H and O–H groups in total. The van der Waals surface area contributed by atoms with Crippen molar-refractivity contribution in [3.05, 3.63) is 46.9 Å². The molecule has 8 heteroatoms. The summed E-state index contributed by atoms with van der Waals surface area (Å²) in [7, 11) is 1.83. The molecule has 2 heterocycles. The quantitative estimate of drug-likeness (QED) is 0.736. The summed E-state index contributed by atoms with van der Waals surface area (Å²) >= 11 is 0. The SMILES string of the molecule is Cn1nc(C(C)(C)C)cc1NC(=O)Nc1cccc(CN2CC[N-]CC2)c1.[Y]. The van der Waals surface area contributed by atoms with Gasteiger partial charge in [-0.1, -0.05) is 32.9 Å². The maximum absolute atomic E-state index is 12.4. The molecule has 7 nitrogen and oxygen atoms in total. The Morgan fingerprint density at radius 1 is 1.18 bits per heavy atom. The topological polar surface area (TPSA) is 76.3 Å². The van der Waals surface area contributed by atoms with Gasteiger partial charge in [-0.3, -0.25) is 10.00 Å². The summed E-state index contributed by atoms with van der Waals surface area (Å²) in [6.45, 7) is 11.0. The van der Waals surface area contributed by atoms with E-state index in [0.29, 0.717) is 5.82 Å². The molecule has 1 aromatic carbocycles. The van der Waals surface area contributed by atoms with Crippen LogP contribution in [0, 0.1) is 0 Å². The van der Waals surface area contributed by atoms with Crippen LogP contribution in [0.15, 0.2) is 30.3 Å². The summed E-state index contributed by atoms with van der Waals surface area (Å²) in [6, 6.07) is 9.63. The molecule has 2 amide bonds. The van der Waals surface area contributed by atoms with Crippen molar-refractivity contribution < 1.29 is 37.5 Å². The number of hydrogen-bond donors (Lipinski definition) is 2. The molecular weight excluding hydrogens is 429 g/mol. The molecule has 0 atom stereocenters. The minimum atomic E-state index is -0.271. The van der Waals surface area contributed by atoms with Crippen molar-refractivity contribution in [1.82, 2.24) is 14.7 Å². The average molecular weight is 458 g/mol. The fourth-order valence-corrected chi connectivity index (χ4v) is 3.04. The molecule has 1 fully saturated rings. The first-order valence-electron chi connectivity index (χ1n) is 9.38. The molecule has 1 saturated heterocycles. The number of aromatic nitrogens is 2. The molecule has 3 rings (SSSR count). The molecule has 28 heavy (non-hydrogen) atoms. The van der Waals surface area contributed by atoms with Crippen LogP contribution in [0.5, 0.6) is 0 Å². The van der Waals surface area contributed by atoms with Crippen molar-refractivity contribution in [2.75, 3.05) is 36.8 Å². The van der Waals surface area contributed by atoms with E-state index in [9.17, 15) is 4.79 Å². The van der Waals surface area contributed by atoms with E-state index in [0.717, 1.165) is 44.1 Å². The van der Waals surface area contributed by atoms with Crippen LogP contribution >= 0.6 is 0 Å². The smallest absolute Gasteiger partial charge is 0.324 e. The number of aryl methyl sites for hydroxylation is 1. The van der Waals surface area contributed by atoms with Gasteiger partial charge in [-0.25, -0.2) is 4.79 Å². The van der Waals surface area contributed by atoms with Crippen molar-refractivity contribution in [3.63, 3.8) is 0 Å². The number of nitrogens with zero attached hydrogens (tertiary/aromatic N) is 4. The number of nitrogens with one attached hydrogen (secondary N) is 2. The summed E-state index contributed by atoms with van der Waals surface area (Å²) in [5, 5.41) is 14.7. The predicted molar refractivity (Wildman–Crippen MR) is 109 cm³/mol. The predicted octanol–water partition coefficient (Wildman–Crippen LogP) is 3.55. The number of hydrogen-bond acceptors (Lipinski definition) is 3. The van der Waals surface area contributed by atoms with Crippen molar-refractivity contribution in [2.45, 2.75) is 32.7 Å². The first-order valence-corrected chi connectivity index (χ1v) is 9.38. The fraction of sp³-hybridized carbons (Fsp3) is 0.500. The Hall–Kier alpha value is -1.28. The van der Waals surface area contributed by atoms with E-state index in [2.05, 4.69) is 52.8 Å². The Morgan fingerprint density at radius 2 is 1.89 bits per heavy atom. The second kappa shape index (κ2) is 9.96. The van der Waals surface area contributed by atoms with Gasteiger partial charge in [-0.2, -0.15) is 5.10 Å². The molecule has 0 saturated carbocycles.